The standard InChI is InChI=1S/C22H14Cl4FN3O3/c23-12-7-11(8-13(24)9-12)18-19(22(18,25)26)21(32)29-16-5-6-30(33)17(10-16)20(31)28-15-3-1-14(27)2-4-15/h1-10,18-19,33H,(H,28,31)/t18-,19+/m0/s1. The molecule has 1 saturated carbocycles. The van der Waals surface area contributed by atoms with Gasteiger partial charge >= 0.3 is 0 Å². The van der Waals surface area contributed by atoms with Crippen LogP contribution in [-0.4, -0.2) is 26.1 Å². The number of nitrogens with one attached hydrogen (secondary N) is 1. The van der Waals surface area contributed by atoms with E-state index in [2.05, 4.69) is 10.3 Å². The lowest BCUT2D eigenvalue weighted by atomic mass is 10.1. The molecule has 3 aromatic rings. The van der Waals surface area contributed by atoms with Gasteiger partial charge in [-0.05, 0) is 60.2 Å². The van der Waals surface area contributed by atoms with E-state index in [1.807, 2.05) is 0 Å². The van der Waals surface area contributed by atoms with Crippen LogP contribution in [0.25, 0.3) is 0 Å². The fourth-order valence-corrected chi connectivity index (χ4v) is 4.81. The van der Waals surface area contributed by atoms with Gasteiger partial charge in [0.1, 0.15) is 15.8 Å². The lowest BCUT2D eigenvalue weighted by Gasteiger charge is -2.08. The van der Waals surface area contributed by atoms with Crippen LogP contribution in [0.2, 0.25) is 10.0 Å². The topological polar surface area (TPSA) is 83.7 Å². The van der Waals surface area contributed by atoms with Crippen molar-refractivity contribution in [1.82, 2.24) is 4.73 Å². The molecule has 0 unspecified atom stereocenters. The third-order valence-electron chi connectivity index (χ3n) is 5.06. The molecule has 2 aromatic carbocycles. The SMILES string of the molecule is O=C(Nc1ccc(F)cc1)c1cc(=NC(=O)[C@H]2[C@H](c3cc(Cl)cc(Cl)c3)C2(Cl)Cl)ccn1O. The van der Waals surface area contributed by atoms with E-state index < -0.39 is 33.8 Å². The van der Waals surface area contributed by atoms with Gasteiger partial charge in [0.15, 0.2) is 0 Å². The number of rotatable bonds is 4. The monoisotopic (exact) mass is 527 g/mol. The number of benzene rings is 2. The van der Waals surface area contributed by atoms with Crippen molar-refractivity contribution in [3.05, 3.63) is 93.3 Å². The quantitative estimate of drug-likeness (QED) is 0.349. The van der Waals surface area contributed by atoms with Gasteiger partial charge in [0.05, 0.1) is 11.3 Å². The van der Waals surface area contributed by atoms with Crippen molar-refractivity contribution in [3.63, 3.8) is 0 Å². The first-order valence-electron chi connectivity index (χ1n) is 9.47. The number of pyridine rings is 1. The average molecular weight is 529 g/mol. The van der Waals surface area contributed by atoms with Gasteiger partial charge in [-0.1, -0.05) is 23.2 Å². The number of hydrogen-bond acceptors (Lipinski definition) is 3. The van der Waals surface area contributed by atoms with Crippen LogP contribution in [0, 0.1) is 11.7 Å². The fraction of sp³-hybridized carbons (Fsp3) is 0.136. The molecule has 1 aliphatic rings. The number of anilines is 1. The summed E-state index contributed by atoms with van der Waals surface area (Å²) in [6, 6.07) is 12.4. The molecule has 1 fully saturated rings. The van der Waals surface area contributed by atoms with Crippen LogP contribution in [0.15, 0.2) is 65.8 Å². The molecule has 2 atom stereocenters. The minimum absolute atomic E-state index is 0.105. The Bertz CT molecular complexity index is 1300. The number of aromatic nitrogens is 1. The molecule has 11 heteroatoms. The van der Waals surface area contributed by atoms with Crippen LogP contribution >= 0.6 is 46.4 Å². The molecule has 0 spiro atoms. The number of nitrogens with zero attached hydrogens (tertiary/aromatic N) is 2. The van der Waals surface area contributed by atoms with E-state index in [0.29, 0.717) is 26.0 Å². The van der Waals surface area contributed by atoms with Crippen LogP contribution in [0.1, 0.15) is 22.0 Å². The van der Waals surface area contributed by atoms with Crippen molar-refractivity contribution in [2.45, 2.75) is 10.3 Å². The fourth-order valence-electron chi connectivity index (χ4n) is 3.45. The van der Waals surface area contributed by atoms with Crippen molar-refractivity contribution < 1.29 is 19.2 Å². The van der Waals surface area contributed by atoms with Gasteiger partial charge in [-0.15, -0.1) is 23.2 Å². The molecule has 2 N–H and O–H groups in total. The second-order valence-corrected chi connectivity index (χ2v) is 9.68. The Morgan fingerprint density at radius 1 is 1.03 bits per heavy atom. The Labute approximate surface area is 207 Å². The molecule has 1 aromatic heterocycles. The van der Waals surface area contributed by atoms with E-state index in [4.69, 9.17) is 46.4 Å². The summed E-state index contributed by atoms with van der Waals surface area (Å²) in [6.45, 7) is 0. The van der Waals surface area contributed by atoms with Gasteiger partial charge in [-0.3, -0.25) is 9.59 Å². The van der Waals surface area contributed by atoms with E-state index in [1.54, 1.807) is 18.2 Å². The lowest BCUT2D eigenvalue weighted by Crippen LogP contribution is -2.22. The van der Waals surface area contributed by atoms with Gasteiger partial charge in [-0.25, -0.2) is 9.38 Å². The predicted molar refractivity (Wildman–Crippen MR) is 124 cm³/mol. The highest BCUT2D eigenvalue weighted by atomic mass is 35.5. The van der Waals surface area contributed by atoms with Crippen molar-refractivity contribution >= 4 is 63.9 Å². The Morgan fingerprint density at radius 3 is 2.30 bits per heavy atom. The molecular weight excluding hydrogens is 515 g/mol. The van der Waals surface area contributed by atoms with E-state index >= 15 is 0 Å². The van der Waals surface area contributed by atoms with E-state index in [0.717, 1.165) is 6.20 Å². The highest BCUT2D eigenvalue weighted by molar-refractivity contribution is 6.53. The van der Waals surface area contributed by atoms with Gasteiger partial charge in [0.2, 0.25) is 0 Å². The Morgan fingerprint density at radius 2 is 1.67 bits per heavy atom. The summed E-state index contributed by atoms with van der Waals surface area (Å²) in [5, 5.41) is 13.4. The Kier molecular flexibility index (Phi) is 6.42. The van der Waals surface area contributed by atoms with Crippen molar-refractivity contribution in [2.24, 2.45) is 10.9 Å². The van der Waals surface area contributed by atoms with Crippen LogP contribution in [0.5, 0.6) is 0 Å². The summed E-state index contributed by atoms with van der Waals surface area (Å²) in [6.07, 6.45) is 1.15. The molecule has 4 rings (SSSR count). The largest absolute Gasteiger partial charge is 0.428 e. The molecule has 0 bridgehead atoms. The average Bonchev–Trinajstić information content (AvgIpc) is 3.32. The molecule has 170 valence electrons. The number of alkyl halides is 2. The highest BCUT2D eigenvalue weighted by Crippen LogP contribution is 2.65. The molecule has 1 heterocycles. The number of carbonyl (C=O) groups excluding carboxylic acids is 2. The summed E-state index contributed by atoms with van der Waals surface area (Å²) >= 11 is 24.8. The lowest BCUT2D eigenvalue weighted by molar-refractivity contribution is -0.119. The second-order valence-electron chi connectivity index (χ2n) is 7.36. The second kappa shape index (κ2) is 8.99. The first kappa shape index (κ1) is 23.6. The minimum atomic E-state index is -1.40. The summed E-state index contributed by atoms with van der Waals surface area (Å²) in [4.78, 5) is 29.4. The molecule has 6 nitrogen and oxygen atoms in total. The van der Waals surface area contributed by atoms with Crippen LogP contribution in [0.4, 0.5) is 10.1 Å². The van der Waals surface area contributed by atoms with E-state index in [1.165, 1.54) is 36.4 Å². The molecule has 0 aliphatic heterocycles. The Hall–Kier alpha value is -2.58. The van der Waals surface area contributed by atoms with Crippen molar-refractivity contribution in [2.75, 3.05) is 5.32 Å². The maximum Gasteiger partial charge on any atom is 0.275 e. The van der Waals surface area contributed by atoms with Crippen LogP contribution in [0.3, 0.4) is 0 Å². The smallest absolute Gasteiger partial charge is 0.275 e. The Balaban J connectivity index is 1.58. The first-order chi connectivity index (χ1) is 15.6. The predicted octanol–water partition coefficient (Wildman–Crippen LogP) is 5.44. The molecular formula is C22H14Cl4FN3O3. The first-order valence-corrected chi connectivity index (χ1v) is 11.0. The zero-order valence-electron chi connectivity index (χ0n) is 16.5. The van der Waals surface area contributed by atoms with E-state index in [9.17, 15) is 19.2 Å². The minimum Gasteiger partial charge on any atom is -0.428 e. The van der Waals surface area contributed by atoms with Crippen molar-refractivity contribution in [1.29, 1.82) is 0 Å². The van der Waals surface area contributed by atoms with Crippen LogP contribution < -0.4 is 10.7 Å². The third kappa shape index (κ3) is 5.01. The maximum absolute atomic E-state index is 13.1. The van der Waals surface area contributed by atoms with E-state index in [-0.39, 0.29) is 11.1 Å². The number of amides is 2. The third-order valence-corrected chi connectivity index (χ3v) is 6.43. The van der Waals surface area contributed by atoms with Gasteiger partial charge < -0.3 is 10.5 Å². The van der Waals surface area contributed by atoms with Crippen molar-refractivity contribution in [3.8, 4) is 0 Å². The highest BCUT2D eigenvalue weighted by Gasteiger charge is 2.67. The van der Waals surface area contributed by atoms with Crippen LogP contribution in [-0.2, 0) is 4.79 Å². The summed E-state index contributed by atoms with van der Waals surface area (Å²) < 4.78 is 12.2. The molecule has 0 radical (unpaired) electrons. The number of carbonyl (C=O) groups is 2. The maximum atomic E-state index is 13.1. The molecule has 1 aliphatic carbocycles. The number of hydrogen-bond donors (Lipinski definition) is 2. The van der Waals surface area contributed by atoms with Gasteiger partial charge in [0, 0.05) is 27.8 Å². The van der Waals surface area contributed by atoms with Gasteiger partial charge in [0.25, 0.3) is 11.8 Å². The molecule has 0 saturated heterocycles. The zero-order valence-corrected chi connectivity index (χ0v) is 19.5. The summed E-state index contributed by atoms with van der Waals surface area (Å²) in [7, 11) is 0. The van der Waals surface area contributed by atoms with Gasteiger partial charge in [-0.2, -0.15) is 4.73 Å². The molecule has 2 amide bonds. The summed E-state index contributed by atoms with van der Waals surface area (Å²) in [5.74, 6) is -3.19. The normalized spacial score (nSPS) is 19.2. The zero-order chi connectivity index (χ0) is 23.9. The number of halogens is 5. The summed E-state index contributed by atoms with van der Waals surface area (Å²) in [5.41, 5.74) is 0.715. The molecule has 33 heavy (non-hydrogen) atoms.